The number of piperazine rings is 1. The van der Waals surface area contributed by atoms with Crippen molar-refractivity contribution in [2.45, 2.75) is 26.4 Å². The van der Waals surface area contributed by atoms with E-state index in [4.69, 9.17) is 4.52 Å². The fourth-order valence-corrected chi connectivity index (χ4v) is 3.17. The van der Waals surface area contributed by atoms with Gasteiger partial charge in [-0.2, -0.15) is 4.31 Å². The first-order valence-corrected chi connectivity index (χ1v) is 9.16. The van der Waals surface area contributed by atoms with Crippen LogP contribution in [0.1, 0.15) is 24.8 Å². The van der Waals surface area contributed by atoms with E-state index in [0.717, 1.165) is 44.1 Å². The Kier molecular flexibility index (Phi) is 5.74. The van der Waals surface area contributed by atoms with E-state index < -0.39 is 10.0 Å². The Morgan fingerprint density at radius 1 is 1.33 bits per heavy atom. The third kappa shape index (κ3) is 5.06. The summed E-state index contributed by atoms with van der Waals surface area (Å²) in [5, 5.41) is 7.32. The number of aromatic nitrogens is 1. The van der Waals surface area contributed by atoms with Crippen molar-refractivity contribution in [2.24, 2.45) is 0 Å². The highest BCUT2D eigenvalue weighted by Gasteiger charge is 2.23. The van der Waals surface area contributed by atoms with Crippen molar-refractivity contribution in [3.05, 3.63) is 17.5 Å². The van der Waals surface area contributed by atoms with E-state index >= 15 is 0 Å². The molecule has 1 aromatic heterocycles. The van der Waals surface area contributed by atoms with Crippen LogP contribution in [0.4, 0.5) is 0 Å². The standard InChI is InChI=1S/C13H24N4O3S/c1-3-4-14-10-12-9-13(20-15-12)11-16-5-7-17(8-6-16)21(2,18)19/h9,14H,3-8,10-11H2,1-2H3. The van der Waals surface area contributed by atoms with Crippen LogP contribution in [-0.4, -0.2) is 61.8 Å². The van der Waals surface area contributed by atoms with Gasteiger partial charge in [0.25, 0.3) is 0 Å². The number of hydrogen-bond acceptors (Lipinski definition) is 6. The van der Waals surface area contributed by atoms with Crippen LogP contribution in [0.3, 0.4) is 0 Å². The van der Waals surface area contributed by atoms with E-state index in [9.17, 15) is 8.42 Å². The molecule has 0 saturated carbocycles. The monoisotopic (exact) mass is 316 g/mol. The van der Waals surface area contributed by atoms with Gasteiger partial charge in [-0.3, -0.25) is 4.90 Å². The van der Waals surface area contributed by atoms with Gasteiger partial charge in [-0.25, -0.2) is 8.42 Å². The van der Waals surface area contributed by atoms with Crippen LogP contribution >= 0.6 is 0 Å². The summed E-state index contributed by atoms with van der Waals surface area (Å²) in [5.74, 6) is 0.830. The van der Waals surface area contributed by atoms with Gasteiger partial charge in [0.05, 0.1) is 18.5 Å². The van der Waals surface area contributed by atoms with Crippen molar-refractivity contribution in [3.63, 3.8) is 0 Å². The van der Waals surface area contributed by atoms with Gasteiger partial charge in [0.15, 0.2) is 5.76 Å². The van der Waals surface area contributed by atoms with Crippen molar-refractivity contribution in [1.82, 2.24) is 19.7 Å². The van der Waals surface area contributed by atoms with Gasteiger partial charge in [-0.15, -0.1) is 0 Å². The molecule has 120 valence electrons. The second-order valence-electron chi connectivity index (χ2n) is 5.40. The first-order valence-electron chi connectivity index (χ1n) is 7.31. The molecule has 2 heterocycles. The maximum atomic E-state index is 11.5. The lowest BCUT2D eigenvalue weighted by atomic mass is 10.3. The molecule has 0 aliphatic carbocycles. The van der Waals surface area contributed by atoms with Gasteiger partial charge in [0.2, 0.25) is 10.0 Å². The SMILES string of the molecule is CCCNCc1cc(CN2CCN(S(C)(=O)=O)CC2)on1. The maximum absolute atomic E-state index is 11.5. The summed E-state index contributed by atoms with van der Waals surface area (Å²) in [4.78, 5) is 2.19. The lowest BCUT2D eigenvalue weighted by Crippen LogP contribution is -2.47. The van der Waals surface area contributed by atoms with Crippen LogP contribution in [-0.2, 0) is 23.1 Å². The topological polar surface area (TPSA) is 78.7 Å². The van der Waals surface area contributed by atoms with E-state index in [2.05, 4.69) is 22.3 Å². The average molecular weight is 316 g/mol. The summed E-state index contributed by atoms with van der Waals surface area (Å²) >= 11 is 0. The quantitative estimate of drug-likeness (QED) is 0.727. The third-order valence-corrected chi connectivity index (χ3v) is 4.82. The number of rotatable bonds is 7. The van der Waals surface area contributed by atoms with Gasteiger partial charge in [-0.05, 0) is 13.0 Å². The normalized spacial score (nSPS) is 18.2. The van der Waals surface area contributed by atoms with Crippen molar-refractivity contribution < 1.29 is 12.9 Å². The highest BCUT2D eigenvalue weighted by molar-refractivity contribution is 7.88. The molecule has 1 aliphatic heterocycles. The van der Waals surface area contributed by atoms with Crippen molar-refractivity contribution >= 4 is 10.0 Å². The minimum atomic E-state index is -3.07. The summed E-state index contributed by atoms with van der Waals surface area (Å²) in [6.45, 7) is 7.01. The average Bonchev–Trinajstić information content (AvgIpc) is 2.86. The summed E-state index contributed by atoms with van der Waals surface area (Å²) < 4.78 is 29.7. The fraction of sp³-hybridized carbons (Fsp3) is 0.769. The zero-order chi connectivity index (χ0) is 15.3. The molecule has 0 amide bonds. The molecular weight excluding hydrogens is 292 g/mol. The minimum Gasteiger partial charge on any atom is -0.360 e. The smallest absolute Gasteiger partial charge is 0.211 e. The fourth-order valence-electron chi connectivity index (χ4n) is 2.35. The van der Waals surface area contributed by atoms with E-state index in [1.54, 1.807) is 0 Å². The molecule has 21 heavy (non-hydrogen) atoms. The third-order valence-electron chi connectivity index (χ3n) is 3.52. The second-order valence-corrected chi connectivity index (χ2v) is 7.38. The molecule has 1 fully saturated rings. The molecule has 7 nitrogen and oxygen atoms in total. The van der Waals surface area contributed by atoms with Crippen LogP contribution in [0.2, 0.25) is 0 Å². The lowest BCUT2D eigenvalue weighted by molar-refractivity contribution is 0.166. The minimum absolute atomic E-state index is 0.540. The Hall–Kier alpha value is -0.960. The van der Waals surface area contributed by atoms with E-state index in [0.29, 0.717) is 19.6 Å². The Labute approximate surface area is 126 Å². The van der Waals surface area contributed by atoms with Gasteiger partial charge >= 0.3 is 0 Å². The van der Waals surface area contributed by atoms with Crippen LogP contribution in [0.15, 0.2) is 10.6 Å². The zero-order valence-electron chi connectivity index (χ0n) is 12.7. The van der Waals surface area contributed by atoms with Crippen LogP contribution < -0.4 is 5.32 Å². The molecule has 1 aromatic rings. The molecule has 1 N–H and O–H groups in total. The van der Waals surface area contributed by atoms with Gasteiger partial charge in [0.1, 0.15) is 0 Å². The highest BCUT2D eigenvalue weighted by atomic mass is 32.2. The maximum Gasteiger partial charge on any atom is 0.211 e. The number of nitrogens with zero attached hydrogens (tertiary/aromatic N) is 3. The second kappa shape index (κ2) is 7.35. The van der Waals surface area contributed by atoms with Crippen LogP contribution in [0, 0.1) is 0 Å². The molecule has 1 aliphatic rings. The molecule has 2 rings (SSSR count). The van der Waals surface area contributed by atoms with Crippen LogP contribution in [0.5, 0.6) is 0 Å². The van der Waals surface area contributed by atoms with Crippen molar-refractivity contribution in [3.8, 4) is 0 Å². The van der Waals surface area contributed by atoms with Crippen molar-refractivity contribution in [1.29, 1.82) is 0 Å². The molecule has 1 saturated heterocycles. The molecular formula is C13H24N4O3S. The largest absolute Gasteiger partial charge is 0.360 e. The Bertz CT molecular complexity index is 535. The summed E-state index contributed by atoms with van der Waals surface area (Å²) in [5.41, 5.74) is 0.910. The molecule has 0 bridgehead atoms. The van der Waals surface area contributed by atoms with Crippen LogP contribution in [0.25, 0.3) is 0 Å². The molecule has 8 heteroatoms. The molecule has 0 aromatic carbocycles. The van der Waals surface area contributed by atoms with Gasteiger partial charge in [-0.1, -0.05) is 12.1 Å². The molecule has 0 spiro atoms. The van der Waals surface area contributed by atoms with E-state index in [1.165, 1.54) is 10.6 Å². The van der Waals surface area contributed by atoms with Gasteiger partial charge < -0.3 is 9.84 Å². The number of nitrogens with one attached hydrogen (secondary N) is 1. The Balaban J connectivity index is 1.78. The Morgan fingerprint density at radius 3 is 2.67 bits per heavy atom. The predicted molar refractivity (Wildman–Crippen MR) is 80.2 cm³/mol. The Morgan fingerprint density at radius 2 is 2.05 bits per heavy atom. The molecule has 0 radical (unpaired) electrons. The molecule has 0 atom stereocenters. The first kappa shape index (κ1) is 16.4. The van der Waals surface area contributed by atoms with Gasteiger partial charge in [0, 0.05) is 38.8 Å². The highest BCUT2D eigenvalue weighted by Crippen LogP contribution is 2.11. The number of sulfonamides is 1. The summed E-state index contributed by atoms with van der Waals surface area (Å²) in [7, 11) is -3.07. The summed E-state index contributed by atoms with van der Waals surface area (Å²) in [6, 6.07) is 1.96. The first-order chi connectivity index (χ1) is 9.99. The van der Waals surface area contributed by atoms with E-state index in [1.807, 2.05) is 6.07 Å². The number of hydrogen-bond donors (Lipinski definition) is 1. The summed E-state index contributed by atoms with van der Waals surface area (Å²) in [6.07, 6.45) is 2.35. The van der Waals surface area contributed by atoms with Crippen molar-refractivity contribution in [2.75, 3.05) is 39.0 Å². The van der Waals surface area contributed by atoms with E-state index in [-0.39, 0.29) is 0 Å². The zero-order valence-corrected chi connectivity index (χ0v) is 13.5. The predicted octanol–water partition coefficient (Wildman–Crippen LogP) is 0.251. The molecule has 0 unspecified atom stereocenters. The lowest BCUT2D eigenvalue weighted by Gasteiger charge is -2.32.